The summed E-state index contributed by atoms with van der Waals surface area (Å²) < 4.78 is 5.22. The molecular weight excluding hydrogens is 232 g/mol. The number of nitrogens with two attached hydrogens (primary N) is 1. The molecule has 0 bridgehead atoms. The first-order chi connectivity index (χ1) is 8.54. The molecule has 0 spiro atoms. The summed E-state index contributed by atoms with van der Waals surface area (Å²) in [4.78, 5) is 13.3. The number of amides is 1. The summed E-state index contributed by atoms with van der Waals surface area (Å²) in [7, 11) is 3.14. The van der Waals surface area contributed by atoms with Crippen LogP contribution in [0.2, 0.25) is 0 Å². The highest BCUT2D eigenvalue weighted by Gasteiger charge is 2.21. The largest absolute Gasteiger partial charge is 0.495 e. The standard InChI is InChI=1S/C13H20N2O3/c1-4-9-5-6-12(18-3)10(7-9)15(2)13(17)11(16)8-14/h5-7,11,16H,4,8,14H2,1-3H3. The molecule has 5 heteroatoms. The summed E-state index contributed by atoms with van der Waals surface area (Å²) in [5, 5.41) is 9.49. The zero-order chi connectivity index (χ0) is 13.7. The SMILES string of the molecule is CCc1ccc(OC)c(N(C)C(=O)C(O)CN)c1. The zero-order valence-corrected chi connectivity index (χ0v) is 11.0. The molecule has 1 rings (SSSR count). The lowest BCUT2D eigenvalue weighted by Gasteiger charge is -2.22. The number of aliphatic hydroxyl groups excluding tert-OH is 1. The molecular formula is C13H20N2O3. The molecule has 0 aliphatic carbocycles. The topological polar surface area (TPSA) is 75.8 Å². The molecule has 5 nitrogen and oxygen atoms in total. The van der Waals surface area contributed by atoms with Gasteiger partial charge in [-0.05, 0) is 24.1 Å². The van der Waals surface area contributed by atoms with E-state index in [4.69, 9.17) is 10.5 Å². The van der Waals surface area contributed by atoms with Crippen molar-refractivity contribution in [1.82, 2.24) is 0 Å². The summed E-state index contributed by atoms with van der Waals surface area (Å²) in [5.74, 6) is 0.149. The van der Waals surface area contributed by atoms with Gasteiger partial charge in [-0.2, -0.15) is 0 Å². The highest BCUT2D eigenvalue weighted by molar-refractivity contribution is 5.97. The lowest BCUT2D eigenvalue weighted by molar-refractivity contribution is -0.125. The van der Waals surface area contributed by atoms with E-state index in [1.54, 1.807) is 14.2 Å². The van der Waals surface area contributed by atoms with Crippen molar-refractivity contribution < 1.29 is 14.6 Å². The predicted octanol–water partition coefficient (Wildman–Crippen LogP) is 0.540. The number of likely N-dealkylation sites (N-methyl/N-ethyl adjacent to an activating group) is 1. The van der Waals surface area contributed by atoms with Crippen LogP contribution in [0.15, 0.2) is 18.2 Å². The maximum Gasteiger partial charge on any atom is 0.256 e. The fraction of sp³-hybridized carbons (Fsp3) is 0.462. The first-order valence-electron chi connectivity index (χ1n) is 5.87. The van der Waals surface area contributed by atoms with Gasteiger partial charge in [0.2, 0.25) is 0 Å². The van der Waals surface area contributed by atoms with Crippen LogP contribution in [0.25, 0.3) is 0 Å². The Hall–Kier alpha value is -1.59. The average molecular weight is 252 g/mol. The van der Waals surface area contributed by atoms with Crippen LogP contribution in [0.1, 0.15) is 12.5 Å². The third-order valence-corrected chi connectivity index (χ3v) is 2.85. The van der Waals surface area contributed by atoms with E-state index >= 15 is 0 Å². The first kappa shape index (κ1) is 14.5. The number of rotatable bonds is 5. The molecule has 1 amide bonds. The zero-order valence-electron chi connectivity index (χ0n) is 11.0. The van der Waals surface area contributed by atoms with Crippen LogP contribution in [-0.4, -0.2) is 37.8 Å². The van der Waals surface area contributed by atoms with Gasteiger partial charge in [-0.3, -0.25) is 4.79 Å². The van der Waals surface area contributed by atoms with E-state index in [-0.39, 0.29) is 6.54 Å². The minimum absolute atomic E-state index is 0.0983. The smallest absolute Gasteiger partial charge is 0.256 e. The van der Waals surface area contributed by atoms with Crippen LogP contribution in [0.4, 0.5) is 5.69 Å². The highest BCUT2D eigenvalue weighted by atomic mass is 16.5. The molecule has 0 aliphatic rings. The molecule has 0 aromatic heterocycles. The predicted molar refractivity (Wildman–Crippen MR) is 70.8 cm³/mol. The van der Waals surface area contributed by atoms with Gasteiger partial charge in [0.1, 0.15) is 11.9 Å². The molecule has 0 aliphatic heterocycles. The minimum Gasteiger partial charge on any atom is -0.495 e. The van der Waals surface area contributed by atoms with Crippen LogP contribution in [0.3, 0.4) is 0 Å². The monoisotopic (exact) mass is 252 g/mol. The summed E-state index contributed by atoms with van der Waals surface area (Å²) in [6.45, 7) is 1.93. The van der Waals surface area contributed by atoms with E-state index in [0.29, 0.717) is 11.4 Å². The summed E-state index contributed by atoms with van der Waals surface area (Å²) in [6.07, 6.45) is -0.330. The fourth-order valence-electron chi connectivity index (χ4n) is 1.66. The summed E-state index contributed by atoms with van der Waals surface area (Å²) in [5.41, 5.74) is 7.01. The molecule has 0 radical (unpaired) electrons. The Labute approximate surface area is 107 Å². The summed E-state index contributed by atoms with van der Waals surface area (Å²) in [6, 6.07) is 5.63. The number of hydrogen-bond acceptors (Lipinski definition) is 4. The molecule has 1 unspecified atom stereocenters. The van der Waals surface area contributed by atoms with Crippen molar-refractivity contribution in [1.29, 1.82) is 0 Å². The molecule has 100 valence electrons. The van der Waals surface area contributed by atoms with Gasteiger partial charge in [-0.25, -0.2) is 0 Å². The fourth-order valence-corrected chi connectivity index (χ4v) is 1.66. The van der Waals surface area contributed by atoms with Crippen molar-refractivity contribution in [2.45, 2.75) is 19.4 Å². The molecule has 1 atom stereocenters. The Balaban J connectivity index is 3.09. The second-order valence-corrected chi connectivity index (χ2v) is 4.01. The Bertz CT molecular complexity index is 421. The quantitative estimate of drug-likeness (QED) is 0.802. The van der Waals surface area contributed by atoms with E-state index in [2.05, 4.69) is 0 Å². The Morgan fingerprint density at radius 3 is 2.72 bits per heavy atom. The Morgan fingerprint density at radius 2 is 2.22 bits per heavy atom. The number of carbonyl (C=O) groups excluding carboxylic acids is 1. The molecule has 1 aromatic carbocycles. The highest BCUT2D eigenvalue weighted by Crippen LogP contribution is 2.29. The number of methoxy groups -OCH3 is 1. The van der Waals surface area contributed by atoms with Crippen LogP contribution in [0, 0.1) is 0 Å². The van der Waals surface area contributed by atoms with Crippen LogP contribution < -0.4 is 15.4 Å². The number of anilines is 1. The number of benzene rings is 1. The van der Waals surface area contributed by atoms with E-state index in [1.807, 2.05) is 25.1 Å². The lowest BCUT2D eigenvalue weighted by atomic mass is 10.1. The van der Waals surface area contributed by atoms with Crippen molar-refractivity contribution in [3.8, 4) is 5.75 Å². The second-order valence-electron chi connectivity index (χ2n) is 4.01. The van der Waals surface area contributed by atoms with Gasteiger partial charge in [0.15, 0.2) is 0 Å². The summed E-state index contributed by atoms with van der Waals surface area (Å²) >= 11 is 0. The van der Waals surface area contributed by atoms with Gasteiger partial charge in [0.25, 0.3) is 5.91 Å². The number of carbonyl (C=O) groups is 1. The van der Waals surface area contributed by atoms with Gasteiger partial charge >= 0.3 is 0 Å². The molecule has 0 saturated heterocycles. The van der Waals surface area contributed by atoms with Gasteiger partial charge in [-0.1, -0.05) is 13.0 Å². The number of ether oxygens (including phenoxy) is 1. The van der Waals surface area contributed by atoms with E-state index in [1.165, 1.54) is 4.90 Å². The number of hydrogen-bond donors (Lipinski definition) is 2. The van der Waals surface area contributed by atoms with Crippen molar-refractivity contribution in [2.75, 3.05) is 25.6 Å². The maximum atomic E-state index is 11.9. The van der Waals surface area contributed by atoms with E-state index < -0.39 is 12.0 Å². The van der Waals surface area contributed by atoms with E-state index in [0.717, 1.165) is 12.0 Å². The Morgan fingerprint density at radius 1 is 1.56 bits per heavy atom. The van der Waals surface area contributed by atoms with Crippen LogP contribution in [-0.2, 0) is 11.2 Å². The Kier molecular flexibility index (Phi) is 5.12. The molecule has 1 aromatic rings. The van der Waals surface area contributed by atoms with Crippen molar-refractivity contribution in [3.05, 3.63) is 23.8 Å². The maximum absolute atomic E-state index is 11.9. The van der Waals surface area contributed by atoms with Gasteiger partial charge in [-0.15, -0.1) is 0 Å². The number of nitrogens with zero attached hydrogens (tertiary/aromatic N) is 1. The normalized spacial score (nSPS) is 12.1. The third kappa shape index (κ3) is 3.00. The van der Waals surface area contributed by atoms with Crippen LogP contribution >= 0.6 is 0 Å². The third-order valence-electron chi connectivity index (χ3n) is 2.85. The van der Waals surface area contributed by atoms with Gasteiger partial charge < -0.3 is 20.5 Å². The van der Waals surface area contributed by atoms with Crippen molar-refractivity contribution >= 4 is 11.6 Å². The molecule has 0 saturated carbocycles. The van der Waals surface area contributed by atoms with E-state index in [9.17, 15) is 9.90 Å². The molecule has 0 heterocycles. The number of aliphatic hydroxyl groups is 1. The van der Waals surface area contributed by atoms with Gasteiger partial charge in [0.05, 0.1) is 12.8 Å². The molecule has 18 heavy (non-hydrogen) atoms. The van der Waals surface area contributed by atoms with Crippen LogP contribution in [0.5, 0.6) is 5.75 Å². The number of aryl methyl sites for hydroxylation is 1. The van der Waals surface area contributed by atoms with Crippen molar-refractivity contribution in [2.24, 2.45) is 5.73 Å². The first-order valence-corrected chi connectivity index (χ1v) is 5.87. The minimum atomic E-state index is -1.19. The molecule has 0 fully saturated rings. The average Bonchev–Trinajstić information content (AvgIpc) is 2.43. The lowest BCUT2D eigenvalue weighted by Crippen LogP contribution is -2.40. The van der Waals surface area contributed by atoms with Crippen molar-refractivity contribution in [3.63, 3.8) is 0 Å². The van der Waals surface area contributed by atoms with Gasteiger partial charge in [0, 0.05) is 13.6 Å². The molecule has 3 N–H and O–H groups in total. The second kappa shape index (κ2) is 6.37.